The molecule has 0 aliphatic rings. The summed E-state index contributed by atoms with van der Waals surface area (Å²) < 4.78 is 16.9. The summed E-state index contributed by atoms with van der Waals surface area (Å²) >= 11 is 0. The first-order valence-electron chi connectivity index (χ1n) is 32.4. The summed E-state index contributed by atoms with van der Waals surface area (Å²) in [5.41, 5.74) is 0. The Morgan fingerprint density at radius 1 is 0.267 bits per heavy atom. The van der Waals surface area contributed by atoms with Gasteiger partial charge in [0.15, 0.2) is 6.10 Å². The van der Waals surface area contributed by atoms with Gasteiger partial charge in [-0.1, -0.05) is 286 Å². The first-order chi connectivity index (χ1) is 37.0. The van der Waals surface area contributed by atoms with Gasteiger partial charge in [0.1, 0.15) is 13.2 Å². The molecule has 0 aromatic carbocycles. The molecular formula is C69H122O6. The number of carbonyl (C=O) groups is 3. The maximum absolute atomic E-state index is 12.9. The first-order valence-corrected chi connectivity index (χ1v) is 32.4. The highest BCUT2D eigenvalue weighted by Gasteiger charge is 2.19. The molecule has 6 nitrogen and oxygen atoms in total. The smallest absolute Gasteiger partial charge is 0.306 e. The lowest BCUT2D eigenvalue weighted by molar-refractivity contribution is -0.167. The van der Waals surface area contributed by atoms with E-state index in [-0.39, 0.29) is 31.1 Å². The standard InChI is InChI=1S/C69H122O6/c1-4-7-10-13-16-19-22-24-26-28-30-32-34-36-38-40-42-44-47-50-53-56-59-62-68(71)74-65-66(64-73-67(70)61-58-55-52-49-46-21-18-15-12-9-6-3)75-69(72)63-60-57-54-51-48-45-43-41-39-37-35-33-31-29-27-25-23-20-17-14-11-8-5-2/h22-25,28-31,34-37,66H,4-21,26-27,32-33,38-65H2,1-3H3/b24-22-,25-23-,30-28-,31-29-,36-34-,37-35-. The number of hydrogen-bond acceptors (Lipinski definition) is 6. The van der Waals surface area contributed by atoms with Gasteiger partial charge in [-0.25, -0.2) is 0 Å². The zero-order valence-electron chi connectivity index (χ0n) is 49.8. The normalized spacial score (nSPS) is 12.5. The first kappa shape index (κ1) is 71.8. The molecule has 75 heavy (non-hydrogen) atoms. The van der Waals surface area contributed by atoms with Crippen molar-refractivity contribution in [2.24, 2.45) is 0 Å². The lowest BCUT2D eigenvalue weighted by atomic mass is 10.1. The highest BCUT2D eigenvalue weighted by atomic mass is 16.6. The lowest BCUT2D eigenvalue weighted by Crippen LogP contribution is -2.30. The molecule has 0 heterocycles. The molecule has 0 bridgehead atoms. The second kappa shape index (κ2) is 63.4. The molecule has 434 valence electrons. The van der Waals surface area contributed by atoms with Gasteiger partial charge in [-0.3, -0.25) is 14.4 Å². The molecule has 0 saturated carbocycles. The Hall–Kier alpha value is -3.15. The molecular weight excluding hydrogens is 925 g/mol. The predicted octanol–water partition coefficient (Wildman–Crippen LogP) is 22.1. The Morgan fingerprint density at radius 2 is 0.480 bits per heavy atom. The number of ether oxygens (including phenoxy) is 3. The van der Waals surface area contributed by atoms with Crippen molar-refractivity contribution in [3.63, 3.8) is 0 Å². The van der Waals surface area contributed by atoms with E-state index in [0.717, 1.165) is 96.3 Å². The molecule has 0 amide bonds. The zero-order chi connectivity index (χ0) is 54.3. The van der Waals surface area contributed by atoms with Crippen LogP contribution in [-0.4, -0.2) is 37.2 Å². The molecule has 0 aromatic heterocycles. The van der Waals surface area contributed by atoms with Crippen LogP contribution in [0.2, 0.25) is 0 Å². The molecule has 0 aliphatic carbocycles. The lowest BCUT2D eigenvalue weighted by Gasteiger charge is -2.18. The fourth-order valence-electron chi connectivity index (χ4n) is 9.28. The van der Waals surface area contributed by atoms with Gasteiger partial charge in [0.05, 0.1) is 0 Å². The molecule has 6 heteroatoms. The molecule has 0 N–H and O–H groups in total. The van der Waals surface area contributed by atoms with Crippen LogP contribution in [0.4, 0.5) is 0 Å². The van der Waals surface area contributed by atoms with Crippen LogP contribution in [0.5, 0.6) is 0 Å². The SMILES string of the molecule is CCCCCCC/C=C\C/C=C\C/C=C\CCCCCCCCCCC(=O)OCC(COC(=O)CCCCCCCCCCCCC)OC(=O)CCCCCCCCCC/C=C\C/C=C\C/C=C\CCCCCCC. The van der Waals surface area contributed by atoms with E-state index >= 15 is 0 Å². The van der Waals surface area contributed by atoms with Crippen LogP contribution in [-0.2, 0) is 28.6 Å². The van der Waals surface area contributed by atoms with Crippen molar-refractivity contribution in [2.45, 2.75) is 335 Å². The van der Waals surface area contributed by atoms with Crippen LogP contribution >= 0.6 is 0 Å². The topological polar surface area (TPSA) is 78.9 Å². The number of carbonyl (C=O) groups excluding carboxylic acids is 3. The second-order valence-corrected chi connectivity index (χ2v) is 21.7. The van der Waals surface area contributed by atoms with Gasteiger partial charge in [-0.15, -0.1) is 0 Å². The van der Waals surface area contributed by atoms with Crippen molar-refractivity contribution < 1.29 is 28.6 Å². The summed E-state index contributed by atoms with van der Waals surface area (Å²) in [5, 5.41) is 0. The Kier molecular flexibility index (Phi) is 60.7. The largest absolute Gasteiger partial charge is 0.462 e. The van der Waals surface area contributed by atoms with E-state index in [2.05, 4.69) is 93.7 Å². The fraction of sp³-hybridized carbons (Fsp3) is 0.783. The highest BCUT2D eigenvalue weighted by Crippen LogP contribution is 2.16. The number of allylic oxidation sites excluding steroid dienone is 12. The predicted molar refractivity (Wildman–Crippen MR) is 325 cm³/mol. The van der Waals surface area contributed by atoms with E-state index in [1.165, 1.54) is 193 Å². The van der Waals surface area contributed by atoms with E-state index in [1.54, 1.807) is 0 Å². The molecule has 0 aromatic rings. The minimum atomic E-state index is -0.782. The van der Waals surface area contributed by atoms with E-state index < -0.39 is 6.10 Å². The quantitative estimate of drug-likeness (QED) is 0.0261. The fourth-order valence-corrected chi connectivity index (χ4v) is 9.28. The summed E-state index contributed by atoms with van der Waals surface area (Å²) in [6.45, 7) is 6.63. The Labute approximate surface area is 465 Å². The van der Waals surface area contributed by atoms with Crippen LogP contribution in [0.1, 0.15) is 329 Å². The Morgan fingerprint density at radius 3 is 0.747 bits per heavy atom. The highest BCUT2D eigenvalue weighted by molar-refractivity contribution is 5.71. The molecule has 0 fully saturated rings. The van der Waals surface area contributed by atoms with Crippen molar-refractivity contribution in [1.82, 2.24) is 0 Å². The van der Waals surface area contributed by atoms with Crippen LogP contribution < -0.4 is 0 Å². The zero-order valence-corrected chi connectivity index (χ0v) is 49.8. The van der Waals surface area contributed by atoms with Gasteiger partial charge >= 0.3 is 17.9 Å². The van der Waals surface area contributed by atoms with Crippen LogP contribution in [0.15, 0.2) is 72.9 Å². The van der Waals surface area contributed by atoms with Gasteiger partial charge in [0.25, 0.3) is 0 Å². The maximum Gasteiger partial charge on any atom is 0.306 e. The van der Waals surface area contributed by atoms with Crippen LogP contribution in [0.3, 0.4) is 0 Å². The van der Waals surface area contributed by atoms with Gasteiger partial charge in [-0.2, -0.15) is 0 Å². The maximum atomic E-state index is 12.9. The van der Waals surface area contributed by atoms with Gasteiger partial charge in [-0.05, 0) is 96.3 Å². The second-order valence-electron chi connectivity index (χ2n) is 21.7. The van der Waals surface area contributed by atoms with E-state index in [9.17, 15) is 14.4 Å². The van der Waals surface area contributed by atoms with Crippen molar-refractivity contribution in [3.8, 4) is 0 Å². The Balaban J connectivity index is 4.31. The minimum Gasteiger partial charge on any atom is -0.462 e. The summed E-state index contributed by atoms with van der Waals surface area (Å²) in [6.07, 6.45) is 81.9. The molecule has 0 spiro atoms. The molecule has 1 unspecified atom stereocenters. The Bertz CT molecular complexity index is 1390. The van der Waals surface area contributed by atoms with E-state index in [4.69, 9.17) is 14.2 Å². The molecule has 0 aliphatic heterocycles. The summed E-state index contributed by atoms with van der Waals surface area (Å²) in [7, 11) is 0. The third-order valence-electron chi connectivity index (χ3n) is 14.2. The summed E-state index contributed by atoms with van der Waals surface area (Å²) in [6, 6.07) is 0. The third kappa shape index (κ3) is 61.6. The molecule has 1 atom stereocenters. The van der Waals surface area contributed by atoms with Crippen molar-refractivity contribution in [2.75, 3.05) is 13.2 Å². The van der Waals surface area contributed by atoms with Gasteiger partial charge in [0, 0.05) is 19.3 Å². The van der Waals surface area contributed by atoms with E-state index in [1.807, 2.05) is 0 Å². The minimum absolute atomic E-state index is 0.0784. The molecule has 0 rings (SSSR count). The summed E-state index contributed by atoms with van der Waals surface area (Å²) in [5.74, 6) is -0.880. The number of unbranched alkanes of at least 4 members (excludes halogenated alkanes) is 36. The van der Waals surface area contributed by atoms with Crippen LogP contribution in [0.25, 0.3) is 0 Å². The van der Waals surface area contributed by atoms with Gasteiger partial charge < -0.3 is 14.2 Å². The van der Waals surface area contributed by atoms with Crippen molar-refractivity contribution >= 4 is 17.9 Å². The monoisotopic (exact) mass is 1050 g/mol. The number of hydrogen-bond donors (Lipinski definition) is 0. The van der Waals surface area contributed by atoms with Crippen molar-refractivity contribution in [1.29, 1.82) is 0 Å². The van der Waals surface area contributed by atoms with E-state index in [0.29, 0.717) is 19.3 Å². The number of rotatable bonds is 59. The van der Waals surface area contributed by atoms with Crippen LogP contribution in [0, 0.1) is 0 Å². The van der Waals surface area contributed by atoms with Gasteiger partial charge in [0.2, 0.25) is 0 Å². The third-order valence-corrected chi connectivity index (χ3v) is 14.2. The summed E-state index contributed by atoms with van der Waals surface area (Å²) in [4.78, 5) is 38.3. The average Bonchev–Trinajstić information content (AvgIpc) is 3.41. The molecule has 0 radical (unpaired) electrons. The average molecular weight is 1050 g/mol. The molecule has 0 saturated heterocycles. The number of esters is 3. The van der Waals surface area contributed by atoms with Crippen molar-refractivity contribution in [3.05, 3.63) is 72.9 Å².